The van der Waals surface area contributed by atoms with E-state index in [1.165, 1.54) is 5.69 Å². The summed E-state index contributed by atoms with van der Waals surface area (Å²) in [7, 11) is 3.36. The largest absolute Gasteiger partial charge is 0.497 e. The van der Waals surface area contributed by atoms with Crippen molar-refractivity contribution in [3.8, 4) is 11.5 Å². The van der Waals surface area contributed by atoms with Gasteiger partial charge in [0, 0.05) is 38.8 Å². The first-order chi connectivity index (χ1) is 15.2. The van der Waals surface area contributed by atoms with Gasteiger partial charge in [-0.25, -0.2) is 0 Å². The Hall–Kier alpha value is -2.99. The highest BCUT2D eigenvalue weighted by Gasteiger charge is 2.18. The van der Waals surface area contributed by atoms with Gasteiger partial charge in [0.1, 0.15) is 11.5 Å². The molecule has 1 saturated heterocycles. The highest BCUT2D eigenvalue weighted by atomic mass is 16.5. The van der Waals surface area contributed by atoms with E-state index in [-0.39, 0.29) is 5.91 Å². The highest BCUT2D eigenvalue weighted by Crippen LogP contribution is 2.28. The first kappa shape index (κ1) is 22.7. The molecule has 3 rings (SSSR count). The molecule has 1 amide bonds. The van der Waals surface area contributed by atoms with E-state index in [1.54, 1.807) is 20.3 Å². The van der Waals surface area contributed by atoms with Gasteiger partial charge in [0.2, 0.25) is 5.91 Å². The van der Waals surface area contributed by atoms with Crippen molar-refractivity contribution >= 4 is 17.7 Å². The number of para-hydroxylation sites is 2. The molecule has 0 spiro atoms. The van der Waals surface area contributed by atoms with Gasteiger partial charge in [-0.05, 0) is 55.3 Å². The standard InChI is InChI=1S/C25H33N3O3/c1-30-22-12-9-21(10-13-22)11-14-25(29)26-15-5-6-16-27-17-19-28(20-18-27)23-7-3-4-8-24(23)31-2/h3-4,7-14H,5-6,15-20H2,1-2H3,(H,26,29)/b14-11+. The Morgan fingerprint density at radius 2 is 1.71 bits per heavy atom. The van der Waals surface area contributed by atoms with Crippen LogP contribution in [-0.4, -0.2) is 64.3 Å². The van der Waals surface area contributed by atoms with Gasteiger partial charge in [-0.3, -0.25) is 9.69 Å². The van der Waals surface area contributed by atoms with Crippen molar-refractivity contribution in [2.75, 3.05) is 58.4 Å². The van der Waals surface area contributed by atoms with E-state index >= 15 is 0 Å². The maximum absolute atomic E-state index is 12.0. The summed E-state index contributed by atoms with van der Waals surface area (Å²) in [6, 6.07) is 15.8. The summed E-state index contributed by atoms with van der Waals surface area (Å²) in [6.45, 7) is 5.88. The lowest BCUT2D eigenvalue weighted by Crippen LogP contribution is -2.46. The van der Waals surface area contributed by atoms with Crippen LogP contribution in [0.3, 0.4) is 0 Å². The molecule has 1 heterocycles. The van der Waals surface area contributed by atoms with Crippen molar-refractivity contribution in [3.63, 3.8) is 0 Å². The van der Waals surface area contributed by atoms with Crippen molar-refractivity contribution in [2.24, 2.45) is 0 Å². The summed E-state index contributed by atoms with van der Waals surface area (Å²) in [6.07, 6.45) is 5.46. The van der Waals surface area contributed by atoms with E-state index in [4.69, 9.17) is 9.47 Å². The van der Waals surface area contributed by atoms with Gasteiger partial charge in [-0.1, -0.05) is 24.3 Å². The van der Waals surface area contributed by atoms with Crippen LogP contribution >= 0.6 is 0 Å². The number of carbonyl (C=O) groups is 1. The van der Waals surface area contributed by atoms with Gasteiger partial charge in [0.15, 0.2) is 0 Å². The summed E-state index contributed by atoms with van der Waals surface area (Å²) in [5.74, 6) is 1.69. The lowest BCUT2D eigenvalue weighted by atomic mass is 10.2. The molecule has 1 fully saturated rings. The number of ether oxygens (including phenoxy) is 2. The highest BCUT2D eigenvalue weighted by molar-refractivity contribution is 5.91. The van der Waals surface area contributed by atoms with E-state index < -0.39 is 0 Å². The van der Waals surface area contributed by atoms with Gasteiger partial charge in [0.05, 0.1) is 19.9 Å². The molecule has 6 heteroatoms. The number of amides is 1. The van der Waals surface area contributed by atoms with Crippen LogP contribution in [0.1, 0.15) is 18.4 Å². The Labute approximate surface area is 185 Å². The lowest BCUT2D eigenvalue weighted by molar-refractivity contribution is -0.116. The fraction of sp³-hybridized carbons (Fsp3) is 0.400. The van der Waals surface area contributed by atoms with Gasteiger partial charge < -0.3 is 19.7 Å². The Morgan fingerprint density at radius 1 is 0.968 bits per heavy atom. The van der Waals surface area contributed by atoms with Crippen molar-refractivity contribution in [1.82, 2.24) is 10.2 Å². The Bertz CT molecular complexity index is 843. The zero-order chi connectivity index (χ0) is 21.9. The molecule has 0 radical (unpaired) electrons. The molecule has 166 valence electrons. The van der Waals surface area contributed by atoms with Crippen molar-refractivity contribution in [1.29, 1.82) is 0 Å². The van der Waals surface area contributed by atoms with Crippen molar-refractivity contribution in [3.05, 3.63) is 60.2 Å². The fourth-order valence-electron chi connectivity index (χ4n) is 3.72. The Balaban J connectivity index is 1.29. The zero-order valence-electron chi connectivity index (χ0n) is 18.5. The van der Waals surface area contributed by atoms with Crippen LogP contribution < -0.4 is 19.7 Å². The first-order valence-electron chi connectivity index (χ1n) is 10.9. The second-order valence-corrected chi connectivity index (χ2v) is 7.61. The minimum atomic E-state index is -0.0544. The van der Waals surface area contributed by atoms with Gasteiger partial charge >= 0.3 is 0 Å². The lowest BCUT2D eigenvalue weighted by Gasteiger charge is -2.36. The number of nitrogens with zero attached hydrogens (tertiary/aromatic N) is 2. The molecule has 1 N–H and O–H groups in total. The van der Waals surface area contributed by atoms with Crippen LogP contribution in [0, 0.1) is 0 Å². The molecule has 31 heavy (non-hydrogen) atoms. The second-order valence-electron chi connectivity index (χ2n) is 7.61. The number of carbonyl (C=O) groups excluding carboxylic acids is 1. The SMILES string of the molecule is COc1ccc(/C=C/C(=O)NCCCCN2CCN(c3ccccc3OC)CC2)cc1. The van der Waals surface area contributed by atoms with E-state index in [2.05, 4.69) is 27.2 Å². The third-order valence-corrected chi connectivity index (χ3v) is 5.54. The molecule has 0 atom stereocenters. The summed E-state index contributed by atoms with van der Waals surface area (Å²) in [4.78, 5) is 16.9. The maximum Gasteiger partial charge on any atom is 0.243 e. The van der Waals surface area contributed by atoms with Crippen molar-refractivity contribution in [2.45, 2.75) is 12.8 Å². The number of benzene rings is 2. The van der Waals surface area contributed by atoms with E-state index in [0.29, 0.717) is 6.54 Å². The molecule has 1 aliphatic heterocycles. The molecule has 1 aliphatic rings. The molecule has 0 bridgehead atoms. The summed E-state index contributed by atoms with van der Waals surface area (Å²) >= 11 is 0. The summed E-state index contributed by atoms with van der Waals surface area (Å²) in [5, 5.41) is 2.96. The smallest absolute Gasteiger partial charge is 0.243 e. The minimum Gasteiger partial charge on any atom is -0.497 e. The molecule has 2 aromatic rings. The first-order valence-corrected chi connectivity index (χ1v) is 10.9. The Kier molecular flexibility index (Phi) is 8.79. The quantitative estimate of drug-likeness (QED) is 0.469. The maximum atomic E-state index is 12.0. The van der Waals surface area contributed by atoms with E-state index in [0.717, 1.165) is 62.6 Å². The van der Waals surface area contributed by atoms with Crippen molar-refractivity contribution < 1.29 is 14.3 Å². The van der Waals surface area contributed by atoms with Gasteiger partial charge in [0.25, 0.3) is 0 Å². The molecule has 0 aliphatic carbocycles. The minimum absolute atomic E-state index is 0.0544. The number of nitrogens with one attached hydrogen (secondary N) is 1. The number of hydrogen-bond donors (Lipinski definition) is 1. The molecule has 6 nitrogen and oxygen atoms in total. The number of unbranched alkanes of at least 4 members (excludes halogenated alkanes) is 1. The third-order valence-electron chi connectivity index (χ3n) is 5.54. The molecule has 0 unspecified atom stereocenters. The predicted octanol–water partition coefficient (Wildman–Crippen LogP) is 3.44. The number of methoxy groups -OCH3 is 2. The zero-order valence-corrected chi connectivity index (χ0v) is 18.5. The van der Waals surface area contributed by atoms with Crippen LogP contribution in [0.25, 0.3) is 6.08 Å². The fourth-order valence-corrected chi connectivity index (χ4v) is 3.72. The predicted molar refractivity (Wildman–Crippen MR) is 126 cm³/mol. The number of piperazine rings is 1. The average Bonchev–Trinajstić information content (AvgIpc) is 2.83. The monoisotopic (exact) mass is 423 g/mol. The van der Waals surface area contributed by atoms with Crippen LogP contribution in [0.5, 0.6) is 11.5 Å². The van der Waals surface area contributed by atoms with E-state index in [9.17, 15) is 4.79 Å². The topological polar surface area (TPSA) is 54.0 Å². The third kappa shape index (κ3) is 7.03. The normalized spacial score (nSPS) is 14.6. The van der Waals surface area contributed by atoms with Crippen LogP contribution in [0.15, 0.2) is 54.6 Å². The average molecular weight is 424 g/mol. The van der Waals surface area contributed by atoms with Crippen LogP contribution in [0.2, 0.25) is 0 Å². The summed E-state index contributed by atoms with van der Waals surface area (Å²) < 4.78 is 10.6. The van der Waals surface area contributed by atoms with E-state index in [1.807, 2.05) is 42.5 Å². The molecular weight excluding hydrogens is 390 g/mol. The summed E-state index contributed by atoms with van der Waals surface area (Å²) in [5.41, 5.74) is 2.15. The second kappa shape index (κ2) is 12.0. The van der Waals surface area contributed by atoms with Gasteiger partial charge in [-0.2, -0.15) is 0 Å². The molecular formula is C25H33N3O3. The van der Waals surface area contributed by atoms with Crippen LogP contribution in [-0.2, 0) is 4.79 Å². The number of anilines is 1. The Morgan fingerprint density at radius 3 is 2.42 bits per heavy atom. The molecule has 2 aromatic carbocycles. The number of hydrogen-bond acceptors (Lipinski definition) is 5. The van der Waals surface area contributed by atoms with Crippen LogP contribution in [0.4, 0.5) is 5.69 Å². The van der Waals surface area contributed by atoms with Gasteiger partial charge in [-0.15, -0.1) is 0 Å². The number of rotatable bonds is 10. The molecule has 0 aromatic heterocycles. The molecule has 0 saturated carbocycles.